The van der Waals surface area contributed by atoms with Crippen LogP contribution < -0.4 is 5.32 Å². The molecule has 1 saturated heterocycles. The number of carbonyl (C=O) groups is 2. The summed E-state index contributed by atoms with van der Waals surface area (Å²) in [6.07, 6.45) is 3.25. The van der Waals surface area contributed by atoms with Crippen molar-refractivity contribution < 1.29 is 9.59 Å². The second-order valence-corrected chi connectivity index (χ2v) is 7.83. The van der Waals surface area contributed by atoms with E-state index in [1.807, 2.05) is 42.2 Å². The average molecular weight is 407 g/mol. The van der Waals surface area contributed by atoms with Crippen LogP contribution in [0.1, 0.15) is 56.1 Å². The first-order valence-corrected chi connectivity index (χ1v) is 10.3. The fourth-order valence-electron chi connectivity index (χ4n) is 3.50. The third-order valence-electron chi connectivity index (χ3n) is 5.03. The van der Waals surface area contributed by atoms with Gasteiger partial charge in [-0.05, 0) is 38.8 Å². The summed E-state index contributed by atoms with van der Waals surface area (Å²) in [5, 5.41) is 2.85. The Morgan fingerprint density at radius 2 is 1.93 bits per heavy atom. The maximum atomic E-state index is 13.0. The van der Waals surface area contributed by atoms with Gasteiger partial charge in [-0.25, -0.2) is 15.0 Å². The molecule has 0 spiro atoms. The normalized spacial score (nSPS) is 16.1. The Balaban J connectivity index is 1.54. The standard InChI is InChI=1S/C21H21N5O2S/c1-13-16(20(27)25-15-7-4-3-5-8-15)11-22-19(24-13)17-9-6-10-26(17)21(28)18-14(2)23-12-29-18/h3-5,7-8,11-12,17H,6,9-10H2,1-2H3,(H,25,27)/t17-/m0/s1. The summed E-state index contributed by atoms with van der Waals surface area (Å²) < 4.78 is 0. The lowest BCUT2D eigenvalue weighted by molar-refractivity contribution is 0.0733. The summed E-state index contributed by atoms with van der Waals surface area (Å²) in [4.78, 5) is 41.2. The number of nitrogens with zero attached hydrogens (tertiary/aromatic N) is 4. The number of hydrogen-bond acceptors (Lipinski definition) is 6. The summed E-state index contributed by atoms with van der Waals surface area (Å²) in [5.41, 5.74) is 4.17. The van der Waals surface area contributed by atoms with Crippen molar-refractivity contribution in [2.75, 3.05) is 11.9 Å². The number of nitrogens with one attached hydrogen (secondary N) is 1. The number of para-hydroxylation sites is 1. The Labute approximate surface area is 172 Å². The van der Waals surface area contributed by atoms with Gasteiger partial charge >= 0.3 is 0 Å². The Bertz CT molecular complexity index is 1050. The molecule has 0 unspecified atom stereocenters. The van der Waals surface area contributed by atoms with Crippen molar-refractivity contribution in [3.05, 3.63) is 69.7 Å². The van der Waals surface area contributed by atoms with E-state index in [0.29, 0.717) is 34.2 Å². The van der Waals surface area contributed by atoms with E-state index < -0.39 is 0 Å². The van der Waals surface area contributed by atoms with Gasteiger partial charge in [0.1, 0.15) is 4.88 Å². The first kappa shape index (κ1) is 19.2. The van der Waals surface area contributed by atoms with Crippen molar-refractivity contribution in [1.29, 1.82) is 0 Å². The molecule has 8 heteroatoms. The van der Waals surface area contributed by atoms with Crippen LogP contribution in [0.4, 0.5) is 5.69 Å². The summed E-state index contributed by atoms with van der Waals surface area (Å²) in [6, 6.07) is 9.07. The summed E-state index contributed by atoms with van der Waals surface area (Å²) >= 11 is 1.36. The van der Waals surface area contributed by atoms with Crippen LogP contribution in [-0.2, 0) is 0 Å². The summed E-state index contributed by atoms with van der Waals surface area (Å²) in [6.45, 7) is 4.30. The van der Waals surface area contributed by atoms with Crippen LogP contribution >= 0.6 is 11.3 Å². The summed E-state index contributed by atoms with van der Waals surface area (Å²) in [5.74, 6) is 0.298. The zero-order chi connectivity index (χ0) is 20.4. The molecule has 1 aromatic carbocycles. The number of amides is 2. The molecule has 2 aromatic heterocycles. The monoisotopic (exact) mass is 407 g/mol. The SMILES string of the molecule is Cc1nc([C@@H]2CCCN2C(=O)c2scnc2C)ncc1C(=O)Nc1ccccc1. The molecular formula is C21H21N5O2S. The predicted octanol–water partition coefficient (Wildman–Crippen LogP) is 3.78. The van der Waals surface area contributed by atoms with Gasteiger partial charge in [0.05, 0.1) is 28.5 Å². The molecule has 1 fully saturated rings. The van der Waals surface area contributed by atoms with Gasteiger partial charge in [0, 0.05) is 18.4 Å². The molecule has 3 aromatic rings. The van der Waals surface area contributed by atoms with E-state index in [0.717, 1.165) is 18.5 Å². The number of aromatic nitrogens is 3. The second kappa shape index (κ2) is 8.08. The second-order valence-electron chi connectivity index (χ2n) is 6.97. The van der Waals surface area contributed by atoms with Crippen molar-refractivity contribution in [2.45, 2.75) is 32.7 Å². The van der Waals surface area contributed by atoms with E-state index in [4.69, 9.17) is 0 Å². The molecule has 0 saturated carbocycles. The molecule has 2 amide bonds. The highest BCUT2D eigenvalue weighted by Gasteiger charge is 2.34. The number of carbonyl (C=O) groups excluding carboxylic acids is 2. The number of benzene rings is 1. The predicted molar refractivity (Wildman–Crippen MR) is 111 cm³/mol. The van der Waals surface area contributed by atoms with Gasteiger partial charge in [0.15, 0.2) is 5.82 Å². The lowest BCUT2D eigenvalue weighted by atomic mass is 10.1. The quantitative estimate of drug-likeness (QED) is 0.711. The maximum absolute atomic E-state index is 13.0. The molecule has 1 atom stereocenters. The van der Waals surface area contributed by atoms with Crippen molar-refractivity contribution in [3.63, 3.8) is 0 Å². The van der Waals surface area contributed by atoms with E-state index in [-0.39, 0.29) is 17.9 Å². The van der Waals surface area contributed by atoms with Crippen LogP contribution in [0.15, 0.2) is 42.0 Å². The highest BCUT2D eigenvalue weighted by atomic mass is 32.1. The minimum atomic E-state index is -0.250. The van der Waals surface area contributed by atoms with E-state index in [9.17, 15) is 9.59 Å². The van der Waals surface area contributed by atoms with Crippen LogP contribution in [0.5, 0.6) is 0 Å². The Hall–Kier alpha value is -3.13. The van der Waals surface area contributed by atoms with Crippen LogP contribution in [0, 0.1) is 13.8 Å². The molecule has 1 N–H and O–H groups in total. The van der Waals surface area contributed by atoms with E-state index >= 15 is 0 Å². The number of likely N-dealkylation sites (tertiary alicyclic amines) is 1. The topological polar surface area (TPSA) is 88.1 Å². The van der Waals surface area contributed by atoms with Crippen molar-refractivity contribution in [3.8, 4) is 0 Å². The third-order valence-corrected chi connectivity index (χ3v) is 5.94. The van der Waals surface area contributed by atoms with Gasteiger partial charge < -0.3 is 10.2 Å². The van der Waals surface area contributed by atoms with Crippen LogP contribution in [0.25, 0.3) is 0 Å². The molecular weight excluding hydrogens is 386 g/mol. The van der Waals surface area contributed by atoms with E-state index in [1.165, 1.54) is 11.3 Å². The fourth-order valence-corrected chi connectivity index (χ4v) is 4.26. The molecule has 0 aliphatic carbocycles. The zero-order valence-electron chi connectivity index (χ0n) is 16.3. The highest BCUT2D eigenvalue weighted by molar-refractivity contribution is 7.11. The lowest BCUT2D eigenvalue weighted by Gasteiger charge is -2.23. The van der Waals surface area contributed by atoms with Gasteiger partial charge in [-0.15, -0.1) is 11.3 Å². The number of thiazole rings is 1. The average Bonchev–Trinajstić information content (AvgIpc) is 3.37. The van der Waals surface area contributed by atoms with Gasteiger partial charge in [0.25, 0.3) is 11.8 Å². The van der Waals surface area contributed by atoms with Crippen LogP contribution in [0.2, 0.25) is 0 Å². The number of hydrogen-bond donors (Lipinski definition) is 1. The van der Waals surface area contributed by atoms with Gasteiger partial charge in [-0.1, -0.05) is 18.2 Å². The minimum absolute atomic E-state index is 0.0281. The Morgan fingerprint density at radius 3 is 2.62 bits per heavy atom. The van der Waals surface area contributed by atoms with Crippen LogP contribution in [-0.4, -0.2) is 38.2 Å². The Kier molecular flexibility index (Phi) is 5.35. The molecule has 0 bridgehead atoms. The first-order chi connectivity index (χ1) is 14.0. The third kappa shape index (κ3) is 3.88. The molecule has 1 aliphatic rings. The molecule has 7 nitrogen and oxygen atoms in total. The smallest absolute Gasteiger partial charge is 0.266 e. The molecule has 3 heterocycles. The van der Waals surface area contributed by atoms with E-state index in [1.54, 1.807) is 18.6 Å². The number of anilines is 1. The van der Waals surface area contributed by atoms with Crippen molar-refractivity contribution in [1.82, 2.24) is 19.9 Å². The van der Waals surface area contributed by atoms with Crippen LogP contribution in [0.3, 0.4) is 0 Å². The number of rotatable bonds is 4. The summed E-state index contributed by atoms with van der Waals surface area (Å²) in [7, 11) is 0. The molecule has 148 valence electrons. The van der Waals surface area contributed by atoms with Gasteiger partial charge in [-0.2, -0.15) is 0 Å². The highest BCUT2D eigenvalue weighted by Crippen LogP contribution is 2.32. The molecule has 4 rings (SSSR count). The molecule has 29 heavy (non-hydrogen) atoms. The Morgan fingerprint density at radius 1 is 1.14 bits per heavy atom. The fraction of sp³-hybridized carbons (Fsp3) is 0.286. The number of aryl methyl sites for hydroxylation is 2. The zero-order valence-corrected chi connectivity index (χ0v) is 17.1. The molecule has 0 radical (unpaired) electrons. The van der Waals surface area contributed by atoms with Crippen molar-refractivity contribution in [2.24, 2.45) is 0 Å². The van der Waals surface area contributed by atoms with Gasteiger partial charge in [0.2, 0.25) is 0 Å². The lowest BCUT2D eigenvalue weighted by Crippen LogP contribution is -2.31. The maximum Gasteiger partial charge on any atom is 0.266 e. The largest absolute Gasteiger partial charge is 0.328 e. The minimum Gasteiger partial charge on any atom is -0.328 e. The first-order valence-electron chi connectivity index (χ1n) is 9.45. The van der Waals surface area contributed by atoms with Gasteiger partial charge in [-0.3, -0.25) is 9.59 Å². The van der Waals surface area contributed by atoms with Crippen molar-refractivity contribution >= 4 is 28.8 Å². The van der Waals surface area contributed by atoms with E-state index in [2.05, 4.69) is 20.3 Å². The molecule has 1 aliphatic heterocycles.